The quantitative estimate of drug-likeness (QED) is 0.857. The van der Waals surface area contributed by atoms with Gasteiger partial charge in [-0.25, -0.2) is 13.6 Å². The fourth-order valence-corrected chi connectivity index (χ4v) is 2.54. The maximum absolute atomic E-state index is 10.9. The SMILES string of the molecule is NS(=O)(=O)CCN1CCOC(c2ccccc2)C1. The van der Waals surface area contributed by atoms with Crippen molar-refractivity contribution in [1.82, 2.24) is 4.90 Å². The van der Waals surface area contributed by atoms with Crippen molar-refractivity contribution < 1.29 is 13.2 Å². The summed E-state index contributed by atoms with van der Waals surface area (Å²) in [6.07, 6.45) is 0.0143. The van der Waals surface area contributed by atoms with Crippen LogP contribution in [-0.2, 0) is 14.8 Å². The van der Waals surface area contributed by atoms with Gasteiger partial charge in [0.2, 0.25) is 10.0 Å². The maximum atomic E-state index is 10.9. The molecule has 1 atom stereocenters. The topological polar surface area (TPSA) is 72.6 Å². The zero-order chi connectivity index (χ0) is 13.0. The van der Waals surface area contributed by atoms with E-state index in [2.05, 4.69) is 4.90 Å². The highest BCUT2D eigenvalue weighted by Gasteiger charge is 2.22. The van der Waals surface area contributed by atoms with Crippen LogP contribution in [0.5, 0.6) is 0 Å². The lowest BCUT2D eigenvalue weighted by Crippen LogP contribution is -2.41. The first kappa shape index (κ1) is 13.5. The molecule has 6 heteroatoms. The van der Waals surface area contributed by atoms with Crippen molar-refractivity contribution in [3.05, 3.63) is 35.9 Å². The average Bonchev–Trinajstić information content (AvgIpc) is 2.37. The molecular formula is C12H18N2O3S. The van der Waals surface area contributed by atoms with Gasteiger partial charge in [-0.15, -0.1) is 0 Å². The second kappa shape index (κ2) is 5.79. The van der Waals surface area contributed by atoms with Gasteiger partial charge in [-0.1, -0.05) is 30.3 Å². The lowest BCUT2D eigenvalue weighted by Gasteiger charge is -2.32. The molecule has 0 aliphatic carbocycles. The van der Waals surface area contributed by atoms with Crippen LogP contribution in [0.25, 0.3) is 0 Å². The van der Waals surface area contributed by atoms with Gasteiger partial charge in [-0.05, 0) is 5.56 Å². The highest BCUT2D eigenvalue weighted by Crippen LogP contribution is 2.21. The molecular weight excluding hydrogens is 252 g/mol. The Morgan fingerprint density at radius 3 is 2.72 bits per heavy atom. The van der Waals surface area contributed by atoms with E-state index in [0.29, 0.717) is 19.7 Å². The standard InChI is InChI=1S/C12H18N2O3S/c13-18(15,16)9-7-14-6-8-17-12(10-14)11-4-2-1-3-5-11/h1-5,12H,6-10H2,(H2,13,15,16). The molecule has 1 aliphatic heterocycles. The molecule has 0 radical (unpaired) electrons. The van der Waals surface area contributed by atoms with E-state index in [9.17, 15) is 8.42 Å². The Balaban J connectivity index is 1.93. The molecule has 0 amide bonds. The molecule has 0 spiro atoms. The number of morpholine rings is 1. The molecule has 2 N–H and O–H groups in total. The maximum Gasteiger partial charge on any atom is 0.210 e. The Morgan fingerprint density at radius 2 is 2.06 bits per heavy atom. The van der Waals surface area contributed by atoms with Crippen LogP contribution in [0.4, 0.5) is 0 Å². The summed E-state index contributed by atoms with van der Waals surface area (Å²) in [7, 11) is -3.39. The van der Waals surface area contributed by atoms with Gasteiger partial charge >= 0.3 is 0 Å². The van der Waals surface area contributed by atoms with Crippen LogP contribution in [0.2, 0.25) is 0 Å². The minimum Gasteiger partial charge on any atom is -0.371 e. The first-order chi connectivity index (χ1) is 8.54. The molecule has 1 aliphatic rings. The molecule has 1 saturated heterocycles. The molecule has 0 saturated carbocycles. The van der Waals surface area contributed by atoms with E-state index in [1.807, 2.05) is 30.3 Å². The number of hydrogen-bond acceptors (Lipinski definition) is 4. The van der Waals surface area contributed by atoms with Crippen molar-refractivity contribution in [1.29, 1.82) is 0 Å². The highest BCUT2D eigenvalue weighted by molar-refractivity contribution is 7.89. The summed E-state index contributed by atoms with van der Waals surface area (Å²) in [5.41, 5.74) is 1.12. The number of hydrogen-bond donors (Lipinski definition) is 1. The molecule has 0 bridgehead atoms. The van der Waals surface area contributed by atoms with Crippen LogP contribution in [0, 0.1) is 0 Å². The normalized spacial score (nSPS) is 21.9. The zero-order valence-corrected chi connectivity index (χ0v) is 11.0. The summed E-state index contributed by atoms with van der Waals surface area (Å²) in [5.74, 6) is -0.00545. The van der Waals surface area contributed by atoms with Crippen LogP contribution in [0.3, 0.4) is 0 Å². The predicted octanol–water partition coefficient (Wildman–Crippen LogP) is 0.348. The second-order valence-electron chi connectivity index (χ2n) is 4.44. The lowest BCUT2D eigenvalue weighted by atomic mass is 10.1. The number of rotatable bonds is 4. The summed E-state index contributed by atoms with van der Waals surface area (Å²) in [5, 5.41) is 5.01. The minimum atomic E-state index is -3.39. The van der Waals surface area contributed by atoms with Gasteiger partial charge in [0.15, 0.2) is 0 Å². The average molecular weight is 270 g/mol. The lowest BCUT2D eigenvalue weighted by molar-refractivity contribution is -0.0279. The molecule has 1 fully saturated rings. The third-order valence-corrected chi connectivity index (χ3v) is 3.77. The number of nitrogens with two attached hydrogens (primary N) is 1. The zero-order valence-electron chi connectivity index (χ0n) is 10.2. The highest BCUT2D eigenvalue weighted by atomic mass is 32.2. The number of primary sulfonamides is 1. The van der Waals surface area contributed by atoms with Crippen molar-refractivity contribution in [2.24, 2.45) is 5.14 Å². The van der Waals surface area contributed by atoms with Crippen LogP contribution >= 0.6 is 0 Å². The molecule has 100 valence electrons. The Bertz CT molecular complexity index is 475. The summed E-state index contributed by atoms with van der Waals surface area (Å²) in [4.78, 5) is 2.07. The summed E-state index contributed by atoms with van der Waals surface area (Å²) < 4.78 is 27.6. The monoisotopic (exact) mass is 270 g/mol. The molecule has 1 unspecified atom stereocenters. The molecule has 18 heavy (non-hydrogen) atoms. The fourth-order valence-electron chi connectivity index (χ4n) is 2.03. The van der Waals surface area contributed by atoms with Gasteiger partial charge in [0.1, 0.15) is 0 Å². The van der Waals surface area contributed by atoms with Gasteiger partial charge < -0.3 is 4.74 Å². The number of nitrogens with zero attached hydrogens (tertiary/aromatic N) is 1. The minimum absolute atomic E-state index is 0.00545. The Morgan fingerprint density at radius 1 is 1.33 bits per heavy atom. The van der Waals surface area contributed by atoms with Gasteiger partial charge in [-0.3, -0.25) is 4.90 Å². The summed E-state index contributed by atoms with van der Waals surface area (Å²) in [6.45, 7) is 2.54. The third kappa shape index (κ3) is 4.06. The number of ether oxygens (including phenoxy) is 1. The van der Waals surface area contributed by atoms with E-state index in [-0.39, 0.29) is 11.9 Å². The Labute approximate surface area is 108 Å². The molecule has 1 aromatic rings. The first-order valence-corrected chi connectivity index (χ1v) is 7.65. The molecule has 1 heterocycles. The van der Waals surface area contributed by atoms with E-state index in [0.717, 1.165) is 12.1 Å². The second-order valence-corrected chi connectivity index (χ2v) is 6.17. The number of benzene rings is 1. The molecule has 5 nitrogen and oxygen atoms in total. The number of sulfonamides is 1. The van der Waals surface area contributed by atoms with E-state index in [1.54, 1.807) is 0 Å². The van der Waals surface area contributed by atoms with Gasteiger partial charge in [-0.2, -0.15) is 0 Å². The summed E-state index contributed by atoms with van der Waals surface area (Å²) in [6, 6.07) is 9.96. The van der Waals surface area contributed by atoms with Gasteiger partial charge in [0.25, 0.3) is 0 Å². The van der Waals surface area contributed by atoms with E-state index in [4.69, 9.17) is 9.88 Å². The first-order valence-electron chi connectivity index (χ1n) is 5.94. The van der Waals surface area contributed by atoms with Gasteiger partial charge in [0.05, 0.1) is 18.5 Å². The van der Waals surface area contributed by atoms with Crippen LogP contribution in [0.15, 0.2) is 30.3 Å². The van der Waals surface area contributed by atoms with Crippen LogP contribution < -0.4 is 5.14 Å². The van der Waals surface area contributed by atoms with Gasteiger partial charge in [0, 0.05) is 19.6 Å². The third-order valence-electron chi connectivity index (χ3n) is 3.01. The van der Waals surface area contributed by atoms with E-state index < -0.39 is 10.0 Å². The van der Waals surface area contributed by atoms with Crippen LogP contribution in [0.1, 0.15) is 11.7 Å². The van der Waals surface area contributed by atoms with Crippen LogP contribution in [-0.4, -0.2) is 45.3 Å². The fraction of sp³-hybridized carbons (Fsp3) is 0.500. The molecule has 1 aromatic carbocycles. The Hall–Kier alpha value is -0.950. The molecule has 0 aromatic heterocycles. The van der Waals surface area contributed by atoms with Crippen molar-refractivity contribution >= 4 is 10.0 Å². The van der Waals surface area contributed by atoms with Crippen molar-refractivity contribution in [2.75, 3.05) is 32.0 Å². The summed E-state index contributed by atoms with van der Waals surface area (Å²) >= 11 is 0. The van der Waals surface area contributed by atoms with Crippen molar-refractivity contribution in [3.8, 4) is 0 Å². The molecule has 2 rings (SSSR count). The Kier molecular flexibility index (Phi) is 4.34. The van der Waals surface area contributed by atoms with Crippen molar-refractivity contribution in [2.45, 2.75) is 6.10 Å². The van der Waals surface area contributed by atoms with E-state index in [1.165, 1.54) is 0 Å². The van der Waals surface area contributed by atoms with E-state index >= 15 is 0 Å². The largest absolute Gasteiger partial charge is 0.371 e. The predicted molar refractivity (Wildman–Crippen MR) is 69.5 cm³/mol. The smallest absolute Gasteiger partial charge is 0.210 e. The van der Waals surface area contributed by atoms with Crippen molar-refractivity contribution in [3.63, 3.8) is 0 Å².